The molecule has 1 N–H and O–H groups in total. The van der Waals surface area contributed by atoms with Gasteiger partial charge in [-0.1, -0.05) is 6.07 Å². The second-order valence-electron chi connectivity index (χ2n) is 5.58. The maximum absolute atomic E-state index is 12.6. The summed E-state index contributed by atoms with van der Waals surface area (Å²) in [5.41, 5.74) is 1.95. The van der Waals surface area contributed by atoms with Gasteiger partial charge in [-0.15, -0.1) is 0 Å². The van der Waals surface area contributed by atoms with Crippen molar-refractivity contribution in [1.29, 1.82) is 0 Å². The van der Waals surface area contributed by atoms with Crippen LogP contribution in [0, 0.1) is 24.0 Å². The Kier molecular flexibility index (Phi) is 4.14. The number of nitro benzene ring substituents is 1. The van der Waals surface area contributed by atoms with E-state index >= 15 is 0 Å². The lowest BCUT2D eigenvalue weighted by Crippen LogP contribution is -2.13. The standard InChI is InChI=1S/C18H16N2O5/c1-10-13-9-12(24-3)7-8-16(13)25-17(10)18(21)19-14-5-4-6-15(11(14)2)20(22)23/h4-9H,1-3H3,(H,19,21). The Labute approximate surface area is 143 Å². The zero-order chi connectivity index (χ0) is 18.1. The van der Waals surface area contributed by atoms with Crippen molar-refractivity contribution in [3.05, 3.63) is 63.4 Å². The number of carbonyl (C=O) groups is 1. The Bertz CT molecular complexity index is 991. The summed E-state index contributed by atoms with van der Waals surface area (Å²) in [6, 6.07) is 9.81. The van der Waals surface area contributed by atoms with E-state index in [1.165, 1.54) is 12.1 Å². The van der Waals surface area contributed by atoms with E-state index in [0.717, 1.165) is 5.39 Å². The van der Waals surface area contributed by atoms with Crippen LogP contribution in [0.4, 0.5) is 11.4 Å². The highest BCUT2D eigenvalue weighted by molar-refractivity contribution is 6.07. The molecule has 0 fully saturated rings. The summed E-state index contributed by atoms with van der Waals surface area (Å²) in [5.74, 6) is 0.364. The summed E-state index contributed by atoms with van der Waals surface area (Å²) < 4.78 is 10.8. The number of nitrogens with zero attached hydrogens (tertiary/aromatic N) is 1. The van der Waals surface area contributed by atoms with Crippen LogP contribution >= 0.6 is 0 Å². The zero-order valence-corrected chi connectivity index (χ0v) is 14.0. The molecule has 1 aromatic heterocycles. The number of ether oxygens (including phenoxy) is 1. The molecule has 0 aliphatic rings. The van der Waals surface area contributed by atoms with Gasteiger partial charge in [-0.3, -0.25) is 14.9 Å². The van der Waals surface area contributed by atoms with Crippen molar-refractivity contribution >= 4 is 28.3 Å². The third-order valence-corrected chi connectivity index (χ3v) is 4.10. The van der Waals surface area contributed by atoms with Crippen molar-refractivity contribution in [2.24, 2.45) is 0 Å². The number of benzene rings is 2. The minimum atomic E-state index is -0.482. The van der Waals surface area contributed by atoms with Gasteiger partial charge in [0, 0.05) is 17.0 Å². The monoisotopic (exact) mass is 340 g/mol. The molecule has 0 radical (unpaired) electrons. The first-order valence-electron chi connectivity index (χ1n) is 7.55. The van der Waals surface area contributed by atoms with E-state index < -0.39 is 10.8 Å². The van der Waals surface area contributed by atoms with Crippen LogP contribution in [-0.4, -0.2) is 17.9 Å². The first-order chi connectivity index (χ1) is 11.9. The summed E-state index contributed by atoms with van der Waals surface area (Å²) in [6.07, 6.45) is 0. The molecule has 1 heterocycles. The average Bonchev–Trinajstić information content (AvgIpc) is 2.92. The molecule has 0 saturated carbocycles. The fourth-order valence-corrected chi connectivity index (χ4v) is 2.68. The van der Waals surface area contributed by atoms with Crippen molar-refractivity contribution in [2.45, 2.75) is 13.8 Å². The number of aryl methyl sites for hydroxylation is 1. The predicted molar refractivity (Wildman–Crippen MR) is 93.3 cm³/mol. The third-order valence-electron chi connectivity index (χ3n) is 4.10. The Balaban J connectivity index is 1.97. The van der Waals surface area contributed by atoms with E-state index in [0.29, 0.717) is 28.1 Å². The highest BCUT2D eigenvalue weighted by Gasteiger charge is 2.20. The minimum Gasteiger partial charge on any atom is -0.497 e. The van der Waals surface area contributed by atoms with Crippen LogP contribution in [0.3, 0.4) is 0 Å². The number of nitrogens with one attached hydrogen (secondary N) is 1. The molecule has 25 heavy (non-hydrogen) atoms. The molecule has 1 amide bonds. The number of anilines is 1. The van der Waals surface area contributed by atoms with E-state index in [-0.39, 0.29) is 11.4 Å². The molecule has 2 aromatic carbocycles. The van der Waals surface area contributed by atoms with Gasteiger partial charge in [0.25, 0.3) is 11.6 Å². The van der Waals surface area contributed by atoms with E-state index in [2.05, 4.69) is 5.32 Å². The number of hydrogen-bond donors (Lipinski definition) is 1. The van der Waals surface area contributed by atoms with Crippen molar-refractivity contribution in [3.8, 4) is 5.75 Å². The maximum Gasteiger partial charge on any atom is 0.291 e. The molecule has 3 rings (SSSR count). The third kappa shape index (κ3) is 2.91. The number of furan rings is 1. The number of amides is 1. The molecule has 3 aromatic rings. The van der Waals surface area contributed by atoms with Gasteiger partial charge >= 0.3 is 0 Å². The molecule has 0 bridgehead atoms. The van der Waals surface area contributed by atoms with Gasteiger partial charge in [-0.25, -0.2) is 0 Å². The second-order valence-corrected chi connectivity index (χ2v) is 5.58. The summed E-state index contributed by atoms with van der Waals surface area (Å²) in [5, 5.41) is 14.5. The van der Waals surface area contributed by atoms with Gasteiger partial charge in [0.2, 0.25) is 0 Å². The Hall–Kier alpha value is -3.35. The molecule has 0 aliphatic carbocycles. The molecule has 0 aliphatic heterocycles. The molecule has 0 unspecified atom stereocenters. The smallest absolute Gasteiger partial charge is 0.291 e. The number of rotatable bonds is 4. The number of nitro groups is 1. The molecule has 0 atom stereocenters. The van der Waals surface area contributed by atoms with Crippen LogP contribution in [-0.2, 0) is 0 Å². The molecule has 7 nitrogen and oxygen atoms in total. The Morgan fingerprint density at radius 1 is 1.20 bits per heavy atom. The minimum absolute atomic E-state index is 0.0520. The van der Waals surface area contributed by atoms with E-state index in [1.54, 1.807) is 45.2 Å². The molecule has 128 valence electrons. The van der Waals surface area contributed by atoms with Crippen LogP contribution in [0.1, 0.15) is 21.7 Å². The van der Waals surface area contributed by atoms with Gasteiger partial charge in [-0.05, 0) is 38.1 Å². The van der Waals surface area contributed by atoms with Crippen molar-refractivity contribution in [1.82, 2.24) is 0 Å². The number of hydrogen-bond acceptors (Lipinski definition) is 5. The summed E-state index contributed by atoms with van der Waals surface area (Å²) >= 11 is 0. The van der Waals surface area contributed by atoms with Crippen LogP contribution in [0.5, 0.6) is 5.75 Å². The van der Waals surface area contributed by atoms with Crippen molar-refractivity contribution in [2.75, 3.05) is 12.4 Å². The van der Waals surface area contributed by atoms with Crippen LogP contribution in [0.25, 0.3) is 11.0 Å². The lowest BCUT2D eigenvalue weighted by molar-refractivity contribution is -0.385. The topological polar surface area (TPSA) is 94.6 Å². The first kappa shape index (κ1) is 16.5. The number of methoxy groups -OCH3 is 1. The number of fused-ring (bicyclic) bond motifs is 1. The molecular weight excluding hydrogens is 324 g/mol. The average molecular weight is 340 g/mol. The van der Waals surface area contributed by atoms with Crippen molar-refractivity contribution < 1.29 is 18.9 Å². The van der Waals surface area contributed by atoms with Crippen LogP contribution in [0.2, 0.25) is 0 Å². The molecule has 0 saturated heterocycles. The van der Waals surface area contributed by atoms with Crippen LogP contribution < -0.4 is 10.1 Å². The quantitative estimate of drug-likeness (QED) is 0.567. The van der Waals surface area contributed by atoms with Gasteiger partial charge in [0.1, 0.15) is 11.3 Å². The largest absolute Gasteiger partial charge is 0.497 e. The maximum atomic E-state index is 12.6. The van der Waals surface area contributed by atoms with E-state index in [1.807, 2.05) is 0 Å². The fraction of sp³-hybridized carbons (Fsp3) is 0.167. The number of carbonyl (C=O) groups excluding carboxylic acids is 1. The highest BCUT2D eigenvalue weighted by atomic mass is 16.6. The molecule has 0 spiro atoms. The summed E-state index contributed by atoms with van der Waals surface area (Å²) in [4.78, 5) is 23.1. The van der Waals surface area contributed by atoms with Gasteiger partial charge in [0.15, 0.2) is 5.76 Å². The van der Waals surface area contributed by atoms with Gasteiger partial charge in [0.05, 0.1) is 23.3 Å². The van der Waals surface area contributed by atoms with E-state index in [4.69, 9.17) is 9.15 Å². The highest BCUT2D eigenvalue weighted by Crippen LogP contribution is 2.30. The normalized spacial score (nSPS) is 10.7. The second kappa shape index (κ2) is 6.27. The SMILES string of the molecule is COc1ccc2oc(C(=O)Nc3cccc([N+](=O)[O-])c3C)c(C)c2c1. The van der Waals surface area contributed by atoms with Crippen molar-refractivity contribution in [3.63, 3.8) is 0 Å². The molecule has 7 heteroatoms. The molecular formula is C18H16N2O5. The first-order valence-corrected chi connectivity index (χ1v) is 7.55. The van der Waals surface area contributed by atoms with Crippen LogP contribution in [0.15, 0.2) is 40.8 Å². The van der Waals surface area contributed by atoms with E-state index in [9.17, 15) is 14.9 Å². The zero-order valence-electron chi connectivity index (χ0n) is 14.0. The fourth-order valence-electron chi connectivity index (χ4n) is 2.68. The Morgan fingerprint density at radius 2 is 1.96 bits per heavy atom. The predicted octanol–water partition coefficient (Wildman–Crippen LogP) is 4.22. The van der Waals surface area contributed by atoms with Gasteiger partial charge < -0.3 is 14.5 Å². The lowest BCUT2D eigenvalue weighted by atomic mass is 10.1. The Morgan fingerprint density at radius 3 is 2.64 bits per heavy atom. The van der Waals surface area contributed by atoms with Gasteiger partial charge in [-0.2, -0.15) is 0 Å². The summed E-state index contributed by atoms with van der Waals surface area (Å²) in [7, 11) is 1.56. The lowest BCUT2D eigenvalue weighted by Gasteiger charge is -2.07. The summed E-state index contributed by atoms with van der Waals surface area (Å²) in [6.45, 7) is 3.37.